The second-order valence-electron chi connectivity index (χ2n) is 3.12. The molecule has 0 bridgehead atoms. The third-order valence-electron chi connectivity index (χ3n) is 1.34. The van der Waals surface area contributed by atoms with Gasteiger partial charge in [-0.15, -0.1) is 0 Å². The highest BCUT2D eigenvalue weighted by Crippen LogP contribution is 2.09. The molecule has 3 heteroatoms. The van der Waals surface area contributed by atoms with Gasteiger partial charge in [0.15, 0.2) is 0 Å². The van der Waals surface area contributed by atoms with Crippen LogP contribution in [0.1, 0.15) is 33.6 Å². The highest BCUT2D eigenvalue weighted by Gasteiger charge is 2.16. The van der Waals surface area contributed by atoms with E-state index in [4.69, 9.17) is 5.73 Å². The molecule has 0 aliphatic rings. The lowest BCUT2D eigenvalue weighted by Crippen LogP contribution is -2.45. The summed E-state index contributed by atoms with van der Waals surface area (Å²) >= 11 is 0. The number of primary amides is 1. The molecule has 0 aliphatic carbocycles. The van der Waals surface area contributed by atoms with Crippen molar-refractivity contribution in [2.45, 2.75) is 39.2 Å². The lowest BCUT2D eigenvalue weighted by molar-refractivity contribution is 0.236. The summed E-state index contributed by atoms with van der Waals surface area (Å²) in [6, 6.07) is -0.446. The molecule has 0 radical (unpaired) electrons. The van der Waals surface area contributed by atoms with E-state index in [2.05, 4.69) is 12.2 Å². The van der Waals surface area contributed by atoms with Crippen molar-refractivity contribution in [2.24, 2.45) is 5.73 Å². The van der Waals surface area contributed by atoms with Crippen molar-refractivity contribution in [1.29, 1.82) is 0 Å². The highest BCUT2D eigenvalue weighted by atomic mass is 16.2. The second-order valence-corrected chi connectivity index (χ2v) is 3.12. The van der Waals surface area contributed by atoms with Gasteiger partial charge < -0.3 is 11.1 Å². The van der Waals surface area contributed by atoms with Gasteiger partial charge in [0, 0.05) is 5.54 Å². The molecule has 0 unspecified atom stereocenters. The van der Waals surface area contributed by atoms with Crippen molar-refractivity contribution in [3.63, 3.8) is 0 Å². The van der Waals surface area contributed by atoms with Crippen LogP contribution in [0.2, 0.25) is 0 Å². The van der Waals surface area contributed by atoms with Crippen molar-refractivity contribution in [3.8, 4) is 0 Å². The molecule has 10 heavy (non-hydrogen) atoms. The SMILES string of the molecule is CCCC(C)(C)NC(N)=O. The summed E-state index contributed by atoms with van der Waals surface area (Å²) in [4.78, 5) is 10.4. The van der Waals surface area contributed by atoms with E-state index in [-0.39, 0.29) is 5.54 Å². The van der Waals surface area contributed by atoms with Gasteiger partial charge in [0.05, 0.1) is 0 Å². The second kappa shape index (κ2) is 3.44. The lowest BCUT2D eigenvalue weighted by atomic mass is 9.99. The number of urea groups is 1. The summed E-state index contributed by atoms with van der Waals surface area (Å²) in [5.41, 5.74) is 4.81. The predicted molar refractivity (Wildman–Crippen MR) is 41.7 cm³/mol. The van der Waals surface area contributed by atoms with E-state index in [9.17, 15) is 4.79 Å². The molecule has 0 saturated heterocycles. The van der Waals surface area contributed by atoms with Crippen LogP contribution >= 0.6 is 0 Å². The van der Waals surface area contributed by atoms with E-state index in [0.717, 1.165) is 12.8 Å². The first-order valence-corrected chi connectivity index (χ1v) is 3.55. The Kier molecular flexibility index (Phi) is 3.19. The Bertz CT molecular complexity index is 121. The number of carbonyl (C=O) groups excluding carboxylic acids is 1. The monoisotopic (exact) mass is 144 g/mol. The van der Waals surface area contributed by atoms with Gasteiger partial charge in [0.25, 0.3) is 0 Å². The molecule has 0 rings (SSSR count). The quantitative estimate of drug-likeness (QED) is 0.615. The van der Waals surface area contributed by atoms with Gasteiger partial charge in [-0.3, -0.25) is 0 Å². The summed E-state index contributed by atoms with van der Waals surface area (Å²) < 4.78 is 0. The fourth-order valence-electron chi connectivity index (χ4n) is 1.02. The van der Waals surface area contributed by atoms with Crippen LogP contribution in [0, 0.1) is 0 Å². The third kappa shape index (κ3) is 4.18. The molecule has 0 saturated carbocycles. The molecule has 3 N–H and O–H groups in total. The van der Waals surface area contributed by atoms with Gasteiger partial charge in [0.2, 0.25) is 0 Å². The first-order chi connectivity index (χ1) is 4.48. The van der Waals surface area contributed by atoms with Crippen molar-refractivity contribution < 1.29 is 4.79 Å². The van der Waals surface area contributed by atoms with Crippen molar-refractivity contribution >= 4 is 6.03 Å². The topological polar surface area (TPSA) is 55.1 Å². The average Bonchev–Trinajstić information content (AvgIpc) is 1.59. The fourth-order valence-corrected chi connectivity index (χ4v) is 1.02. The van der Waals surface area contributed by atoms with E-state index in [1.165, 1.54) is 0 Å². The first-order valence-electron chi connectivity index (χ1n) is 3.55. The largest absolute Gasteiger partial charge is 0.352 e. The number of hydrogen-bond donors (Lipinski definition) is 2. The number of nitrogens with two attached hydrogens (primary N) is 1. The van der Waals surface area contributed by atoms with Gasteiger partial charge >= 0.3 is 6.03 Å². The number of carbonyl (C=O) groups is 1. The maximum atomic E-state index is 10.4. The van der Waals surface area contributed by atoms with Gasteiger partial charge in [-0.2, -0.15) is 0 Å². The lowest BCUT2D eigenvalue weighted by Gasteiger charge is -2.24. The molecular weight excluding hydrogens is 128 g/mol. The van der Waals surface area contributed by atoms with Crippen LogP contribution in [0.5, 0.6) is 0 Å². The standard InChI is InChI=1S/C7H16N2O/c1-4-5-7(2,3)9-6(8)10/h4-5H2,1-3H3,(H3,8,9,10). The number of hydrogen-bond acceptors (Lipinski definition) is 1. The number of rotatable bonds is 3. The minimum atomic E-state index is -0.446. The molecule has 0 aliphatic heterocycles. The van der Waals surface area contributed by atoms with Crippen LogP contribution in [-0.2, 0) is 0 Å². The average molecular weight is 144 g/mol. The Morgan fingerprint density at radius 1 is 1.60 bits per heavy atom. The number of amides is 2. The van der Waals surface area contributed by atoms with Crippen molar-refractivity contribution in [3.05, 3.63) is 0 Å². The zero-order chi connectivity index (χ0) is 8.20. The van der Waals surface area contributed by atoms with Crippen LogP contribution in [0.15, 0.2) is 0 Å². The zero-order valence-electron chi connectivity index (χ0n) is 6.90. The molecule has 3 nitrogen and oxygen atoms in total. The van der Waals surface area contributed by atoms with Crippen LogP contribution in [-0.4, -0.2) is 11.6 Å². The third-order valence-corrected chi connectivity index (χ3v) is 1.34. The Hall–Kier alpha value is -0.730. The first kappa shape index (κ1) is 9.27. The van der Waals surface area contributed by atoms with Crippen molar-refractivity contribution in [2.75, 3.05) is 0 Å². The summed E-state index contributed by atoms with van der Waals surface area (Å²) in [5, 5.41) is 2.66. The van der Waals surface area contributed by atoms with Gasteiger partial charge in [-0.25, -0.2) is 4.79 Å². The molecule has 2 amide bonds. The van der Waals surface area contributed by atoms with Gasteiger partial charge in [0.1, 0.15) is 0 Å². The van der Waals surface area contributed by atoms with Crippen LogP contribution < -0.4 is 11.1 Å². The molecule has 0 fully saturated rings. The smallest absolute Gasteiger partial charge is 0.312 e. The predicted octanol–water partition coefficient (Wildman–Crippen LogP) is 1.23. The summed E-state index contributed by atoms with van der Waals surface area (Å²) in [6.45, 7) is 5.99. The van der Waals surface area contributed by atoms with E-state index in [1.54, 1.807) is 0 Å². The molecule has 60 valence electrons. The van der Waals surface area contributed by atoms with Gasteiger partial charge in [-0.1, -0.05) is 13.3 Å². The maximum Gasteiger partial charge on any atom is 0.312 e. The molecule has 0 aromatic rings. The molecule has 0 atom stereocenters. The molecular formula is C7H16N2O. The highest BCUT2D eigenvalue weighted by molar-refractivity contribution is 5.72. The van der Waals surface area contributed by atoms with E-state index in [0.29, 0.717) is 0 Å². The summed E-state index contributed by atoms with van der Waals surface area (Å²) in [6.07, 6.45) is 2.00. The molecule has 0 heterocycles. The Morgan fingerprint density at radius 2 is 2.10 bits per heavy atom. The van der Waals surface area contributed by atoms with Crippen LogP contribution in [0.3, 0.4) is 0 Å². The van der Waals surface area contributed by atoms with E-state index < -0.39 is 6.03 Å². The maximum absolute atomic E-state index is 10.4. The zero-order valence-corrected chi connectivity index (χ0v) is 6.90. The minimum Gasteiger partial charge on any atom is -0.352 e. The van der Waals surface area contributed by atoms with Crippen LogP contribution in [0.25, 0.3) is 0 Å². The molecule has 0 aromatic carbocycles. The summed E-state index contributed by atoms with van der Waals surface area (Å²) in [7, 11) is 0. The van der Waals surface area contributed by atoms with E-state index >= 15 is 0 Å². The minimum absolute atomic E-state index is 0.152. The van der Waals surface area contributed by atoms with Crippen LogP contribution in [0.4, 0.5) is 4.79 Å². The number of nitrogens with one attached hydrogen (secondary N) is 1. The Balaban J connectivity index is 3.74. The fraction of sp³-hybridized carbons (Fsp3) is 0.857. The normalized spacial score (nSPS) is 11.1. The molecule has 0 aromatic heterocycles. The van der Waals surface area contributed by atoms with Gasteiger partial charge in [-0.05, 0) is 20.3 Å². The molecule has 0 spiro atoms. The summed E-state index contributed by atoms with van der Waals surface area (Å²) in [5.74, 6) is 0. The van der Waals surface area contributed by atoms with Crippen molar-refractivity contribution in [1.82, 2.24) is 5.32 Å². The Labute approximate surface area is 62.0 Å². The van der Waals surface area contributed by atoms with E-state index in [1.807, 2.05) is 13.8 Å². The Morgan fingerprint density at radius 3 is 2.40 bits per heavy atom.